The molecule has 0 saturated carbocycles. The maximum atomic E-state index is 13.7. The average molecular weight is 471 g/mol. The van der Waals surface area contributed by atoms with E-state index in [0.29, 0.717) is 16.1 Å². The van der Waals surface area contributed by atoms with E-state index in [2.05, 4.69) is 25.9 Å². The molecule has 2 aromatic heterocycles. The van der Waals surface area contributed by atoms with Crippen molar-refractivity contribution in [2.24, 2.45) is 0 Å². The van der Waals surface area contributed by atoms with Crippen molar-refractivity contribution in [1.29, 1.82) is 0 Å². The largest absolute Gasteiger partial charge is 0.462 e. The highest BCUT2D eigenvalue weighted by molar-refractivity contribution is 6.06. The van der Waals surface area contributed by atoms with Gasteiger partial charge in [0.05, 0.1) is 29.7 Å². The minimum Gasteiger partial charge on any atom is -0.462 e. The standard InChI is InChI=1S/C21H16F3N7O3/c1-2-34-20(33)16-11-26-31(18(16)21(22,23)24)14-9-7-13(8-10-14)27-19(32)15-5-3-4-6-17(15)30-12-25-28-29-30/h3-12H,2H2,1H3,(H,27,32). The van der Waals surface area contributed by atoms with E-state index >= 15 is 0 Å². The zero-order chi connectivity index (χ0) is 24.3. The lowest BCUT2D eigenvalue weighted by Crippen LogP contribution is -2.18. The van der Waals surface area contributed by atoms with Gasteiger partial charge in [-0.25, -0.2) is 9.48 Å². The predicted molar refractivity (Wildman–Crippen MR) is 112 cm³/mol. The fraction of sp³-hybridized carbons (Fsp3) is 0.143. The van der Waals surface area contributed by atoms with Gasteiger partial charge in [-0.3, -0.25) is 4.79 Å². The lowest BCUT2D eigenvalue weighted by atomic mass is 10.1. The lowest BCUT2D eigenvalue weighted by Gasteiger charge is -2.13. The number of anilines is 1. The van der Waals surface area contributed by atoms with E-state index in [4.69, 9.17) is 4.74 Å². The summed E-state index contributed by atoms with van der Waals surface area (Å²) in [4.78, 5) is 24.7. The van der Waals surface area contributed by atoms with Gasteiger partial charge in [-0.15, -0.1) is 5.10 Å². The number of esters is 1. The zero-order valence-electron chi connectivity index (χ0n) is 17.5. The van der Waals surface area contributed by atoms with E-state index in [1.54, 1.807) is 24.3 Å². The van der Waals surface area contributed by atoms with E-state index in [1.807, 2.05) is 0 Å². The molecule has 1 N–H and O–H groups in total. The fourth-order valence-electron chi connectivity index (χ4n) is 3.20. The molecule has 13 heteroatoms. The molecule has 4 aromatic rings. The maximum absolute atomic E-state index is 13.7. The van der Waals surface area contributed by atoms with Crippen LogP contribution in [0, 0.1) is 0 Å². The smallest absolute Gasteiger partial charge is 0.434 e. The Morgan fingerprint density at radius 3 is 2.44 bits per heavy atom. The van der Waals surface area contributed by atoms with Crippen LogP contribution in [0.2, 0.25) is 0 Å². The van der Waals surface area contributed by atoms with Crippen LogP contribution in [0.25, 0.3) is 11.4 Å². The number of hydrogen-bond acceptors (Lipinski definition) is 7. The van der Waals surface area contributed by atoms with Crippen LogP contribution in [0.15, 0.2) is 61.1 Å². The average Bonchev–Trinajstić information content (AvgIpc) is 3.50. The number of carbonyl (C=O) groups is 2. The first-order valence-corrected chi connectivity index (χ1v) is 9.86. The summed E-state index contributed by atoms with van der Waals surface area (Å²) < 4.78 is 47.7. The van der Waals surface area contributed by atoms with Crippen LogP contribution >= 0.6 is 0 Å². The van der Waals surface area contributed by atoms with E-state index < -0.39 is 29.3 Å². The molecule has 0 aliphatic heterocycles. The topological polar surface area (TPSA) is 117 Å². The third-order valence-electron chi connectivity index (χ3n) is 4.65. The van der Waals surface area contributed by atoms with Crippen molar-refractivity contribution in [2.75, 3.05) is 11.9 Å². The molecule has 0 saturated heterocycles. The molecule has 0 radical (unpaired) electrons. The summed E-state index contributed by atoms with van der Waals surface area (Å²) in [5.74, 6) is -1.59. The number of benzene rings is 2. The Bertz CT molecular complexity index is 1320. The molecule has 1 amide bonds. The molecule has 34 heavy (non-hydrogen) atoms. The van der Waals surface area contributed by atoms with Crippen molar-refractivity contribution in [3.05, 3.63) is 77.9 Å². The number of halogens is 3. The number of alkyl halides is 3. The molecule has 0 spiro atoms. The van der Waals surface area contributed by atoms with Crippen LogP contribution in [0.4, 0.5) is 18.9 Å². The molecule has 0 fully saturated rings. The molecule has 2 heterocycles. The number of aromatic nitrogens is 6. The van der Waals surface area contributed by atoms with Crippen LogP contribution in [-0.2, 0) is 10.9 Å². The van der Waals surface area contributed by atoms with Gasteiger partial charge in [-0.1, -0.05) is 12.1 Å². The Kier molecular flexibility index (Phi) is 6.08. The number of rotatable bonds is 6. The van der Waals surface area contributed by atoms with E-state index in [1.165, 1.54) is 42.2 Å². The van der Waals surface area contributed by atoms with E-state index in [9.17, 15) is 22.8 Å². The molecule has 0 bridgehead atoms. The number of ether oxygens (including phenoxy) is 1. The monoisotopic (exact) mass is 471 g/mol. The third-order valence-corrected chi connectivity index (χ3v) is 4.65. The minimum absolute atomic E-state index is 0.0370. The third kappa shape index (κ3) is 4.48. The van der Waals surface area contributed by atoms with Gasteiger partial charge in [-0.05, 0) is 53.7 Å². The second kappa shape index (κ2) is 9.13. The van der Waals surface area contributed by atoms with Crippen LogP contribution in [0.1, 0.15) is 33.3 Å². The minimum atomic E-state index is -4.86. The Morgan fingerprint density at radius 1 is 1.06 bits per heavy atom. The van der Waals surface area contributed by atoms with Gasteiger partial charge < -0.3 is 10.1 Å². The molecular formula is C21H16F3N7O3. The van der Waals surface area contributed by atoms with Crippen molar-refractivity contribution < 1.29 is 27.5 Å². The van der Waals surface area contributed by atoms with Crippen LogP contribution in [0.5, 0.6) is 0 Å². The molecule has 10 nitrogen and oxygen atoms in total. The van der Waals surface area contributed by atoms with Crippen LogP contribution < -0.4 is 5.32 Å². The molecule has 0 aliphatic rings. The Hall–Kier alpha value is -4.55. The number of nitrogens with one attached hydrogen (secondary N) is 1. The van der Waals surface area contributed by atoms with Gasteiger partial charge in [0.1, 0.15) is 11.9 Å². The summed E-state index contributed by atoms with van der Waals surface area (Å²) >= 11 is 0. The number of carbonyl (C=O) groups excluding carboxylic acids is 2. The predicted octanol–water partition coefficient (Wildman–Crippen LogP) is 3.30. The second-order valence-corrected chi connectivity index (χ2v) is 6.81. The Morgan fingerprint density at radius 2 is 1.79 bits per heavy atom. The summed E-state index contributed by atoms with van der Waals surface area (Å²) in [6, 6.07) is 12.1. The second-order valence-electron chi connectivity index (χ2n) is 6.81. The zero-order valence-corrected chi connectivity index (χ0v) is 17.5. The number of para-hydroxylation sites is 1. The van der Waals surface area contributed by atoms with Gasteiger partial charge in [-0.2, -0.15) is 23.0 Å². The van der Waals surface area contributed by atoms with Crippen molar-refractivity contribution in [1.82, 2.24) is 30.0 Å². The van der Waals surface area contributed by atoms with Crippen molar-refractivity contribution in [3.8, 4) is 11.4 Å². The summed E-state index contributed by atoms with van der Waals surface area (Å²) in [6.45, 7) is 1.41. The molecular weight excluding hydrogens is 455 g/mol. The first kappa shape index (κ1) is 22.6. The first-order valence-electron chi connectivity index (χ1n) is 9.86. The Labute approximate surface area is 190 Å². The lowest BCUT2D eigenvalue weighted by molar-refractivity contribution is -0.143. The van der Waals surface area contributed by atoms with Gasteiger partial charge in [0, 0.05) is 5.69 Å². The van der Waals surface area contributed by atoms with Gasteiger partial charge in [0.2, 0.25) is 0 Å². The highest BCUT2D eigenvalue weighted by atomic mass is 19.4. The Balaban J connectivity index is 1.60. The number of amides is 1. The summed E-state index contributed by atoms with van der Waals surface area (Å²) in [5.41, 5.74) is -0.852. The summed E-state index contributed by atoms with van der Waals surface area (Å²) in [5, 5.41) is 17.3. The molecule has 0 atom stereocenters. The first-order chi connectivity index (χ1) is 16.3. The highest BCUT2D eigenvalue weighted by Crippen LogP contribution is 2.34. The maximum Gasteiger partial charge on any atom is 0.434 e. The number of nitrogens with zero attached hydrogens (tertiary/aromatic N) is 6. The van der Waals surface area contributed by atoms with Crippen molar-refractivity contribution in [2.45, 2.75) is 13.1 Å². The fourth-order valence-corrected chi connectivity index (χ4v) is 3.20. The van der Waals surface area contributed by atoms with E-state index in [0.717, 1.165) is 6.20 Å². The van der Waals surface area contributed by atoms with E-state index in [-0.39, 0.29) is 17.9 Å². The van der Waals surface area contributed by atoms with Crippen molar-refractivity contribution in [3.63, 3.8) is 0 Å². The van der Waals surface area contributed by atoms with Gasteiger partial charge in [0.25, 0.3) is 5.91 Å². The quantitative estimate of drug-likeness (QED) is 0.429. The molecule has 0 unspecified atom stereocenters. The van der Waals surface area contributed by atoms with Gasteiger partial charge >= 0.3 is 12.1 Å². The van der Waals surface area contributed by atoms with Crippen LogP contribution in [0.3, 0.4) is 0 Å². The summed E-state index contributed by atoms with van der Waals surface area (Å²) in [6.07, 6.45) is -2.70. The van der Waals surface area contributed by atoms with Crippen LogP contribution in [-0.4, -0.2) is 48.5 Å². The molecule has 0 aliphatic carbocycles. The highest BCUT2D eigenvalue weighted by Gasteiger charge is 2.41. The number of tetrazole rings is 1. The van der Waals surface area contributed by atoms with Crippen molar-refractivity contribution >= 4 is 17.6 Å². The normalized spacial score (nSPS) is 11.3. The molecule has 174 valence electrons. The molecule has 4 rings (SSSR count). The van der Waals surface area contributed by atoms with Gasteiger partial charge in [0.15, 0.2) is 5.69 Å². The SMILES string of the molecule is CCOC(=O)c1cnn(-c2ccc(NC(=O)c3ccccc3-n3cnnn3)cc2)c1C(F)(F)F. The molecule has 2 aromatic carbocycles. The summed E-state index contributed by atoms with van der Waals surface area (Å²) in [7, 11) is 0. The number of hydrogen-bond donors (Lipinski definition) is 1.